The van der Waals surface area contributed by atoms with Crippen LogP contribution in [0.5, 0.6) is 0 Å². The number of likely N-dealkylation sites (tertiary alicyclic amines) is 1. The van der Waals surface area contributed by atoms with E-state index in [1.807, 2.05) is 31.2 Å². The fourth-order valence-corrected chi connectivity index (χ4v) is 5.12. The van der Waals surface area contributed by atoms with E-state index in [0.717, 1.165) is 25.3 Å². The number of pyridine rings is 1. The maximum Gasteiger partial charge on any atom is 0.271 e. The van der Waals surface area contributed by atoms with Crippen molar-refractivity contribution in [3.8, 4) is 11.3 Å². The summed E-state index contributed by atoms with van der Waals surface area (Å²) in [5, 5.41) is 5.88. The van der Waals surface area contributed by atoms with E-state index >= 15 is 0 Å². The van der Waals surface area contributed by atoms with Crippen LogP contribution in [0.1, 0.15) is 43.0 Å². The number of carbonyl (C=O) groups is 1. The largest absolute Gasteiger partial charge is 0.369 e. The van der Waals surface area contributed by atoms with Gasteiger partial charge in [-0.1, -0.05) is 0 Å². The summed E-state index contributed by atoms with van der Waals surface area (Å²) in [5.74, 6) is 0.319. The Morgan fingerprint density at radius 3 is 2.69 bits per heavy atom. The van der Waals surface area contributed by atoms with Crippen molar-refractivity contribution in [2.75, 3.05) is 48.3 Å². The lowest BCUT2D eigenvalue weighted by Crippen LogP contribution is -2.39. The van der Waals surface area contributed by atoms with Crippen LogP contribution in [0, 0.1) is 0 Å². The molecule has 1 aromatic carbocycles. The van der Waals surface area contributed by atoms with E-state index in [1.165, 1.54) is 38.8 Å². The molecule has 188 valence electrons. The molecule has 2 saturated heterocycles. The highest BCUT2D eigenvalue weighted by Gasteiger charge is 2.27. The molecule has 0 radical (unpaired) electrons. The number of amides is 1. The molecule has 2 aliphatic heterocycles. The smallest absolute Gasteiger partial charge is 0.271 e. The molecule has 2 aromatic heterocycles. The number of rotatable bonds is 8. The molecule has 2 aliphatic rings. The summed E-state index contributed by atoms with van der Waals surface area (Å²) in [6, 6.07) is 9.84. The second-order valence-electron chi connectivity index (χ2n) is 9.45. The minimum atomic E-state index is -0.374. The summed E-state index contributed by atoms with van der Waals surface area (Å²) in [6.45, 7) is 7.27. The number of carbonyl (C=O) groups excluding carboxylic acids is 1. The van der Waals surface area contributed by atoms with Crippen LogP contribution in [-0.4, -0.2) is 64.5 Å². The quantitative estimate of drug-likeness (QED) is 0.446. The first-order valence-corrected chi connectivity index (χ1v) is 12.8. The third-order valence-electron chi connectivity index (χ3n) is 6.95. The third-order valence-corrected chi connectivity index (χ3v) is 6.95. The zero-order valence-corrected chi connectivity index (χ0v) is 20.7. The molecule has 3 aromatic rings. The molecule has 1 atom stereocenters. The van der Waals surface area contributed by atoms with Gasteiger partial charge in [0.25, 0.3) is 11.5 Å². The fraction of sp³-hybridized carbons (Fsp3) is 0.407. The number of hydrogen-bond acceptors (Lipinski definition) is 7. The average Bonchev–Trinajstić information content (AvgIpc) is 3.58. The first-order valence-electron chi connectivity index (χ1n) is 12.8. The highest BCUT2D eigenvalue weighted by atomic mass is 16.2. The molecule has 1 amide bonds. The van der Waals surface area contributed by atoms with Gasteiger partial charge in [0.2, 0.25) is 0 Å². The zero-order valence-electron chi connectivity index (χ0n) is 20.7. The lowest BCUT2D eigenvalue weighted by atomic mass is 10.1. The molecular weight excluding hydrogens is 454 g/mol. The zero-order chi connectivity index (χ0) is 24.9. The van der Waals surface area contributed by atoms with Gasteiger partial charge in [-0.3, -0.25) is 14.6 Å². The van der Waals surface area contributed by atoms with Gasteiger partial charge in [0.15, 0.2) is 0 Å². The van der Waals surface area contributed by atoms with Gasteiger partial charge in [0, 0.05) is 48.7 Å². The molecule has 0 aliphatic carbocycles. The molecule has 4 heterocycles. The fourth-order valence-electron chi connectivity index (χ4n) is 5.12. The van der Waals surface area contributed by atoms with Gasteiger partial charge in [0.05, 0.1) is 18.1 Å². The Morgan fingerprint density at radius 1 is 1.11 bits per heavy atom. The molecule has 9 heteroatoms. The summed E-state index contributed by atoms with van der Waals surface area (Å²) in [6.07, 6.45) is 9.84. The molecule has 0 spiro atoms. The standard InChI is InChI=1S/C27H33N7O2/c1-2-29-25-17-28-16-24(31-25)20-14-23(27(36)30-15-20)32-26(35)19-7-9-21(10-8-19)34-13-5-6-22(34)18-33-11-3-4-12-33/h7-10,14-17,22H,2-6,11-13,18H2,1H3,(H,29,31)(H,30,36)(H,32,35). The van der Waals surface area contributed by atoms with Crippen LogP contribution in [-0.2, 0) is 0 Å². The van der Waals surface area contributed by atoms with Crippen molar-refractivity contribution in [1.29, 1.82) is 0 Å². The van der Waals surface area contributed by atoms with Crippen LogP contribution in [0.15, 0.2) is 53.7 Å². The van der Waals surface area contributed by atoms with Crippen molar-refractivity contribution in [3.05, 3.63) is 64.8 Å². The Hall–Kier alpha value is -3.72. The summed E-state index contributed by atoms with van der Waals surface area (Å²) in [7, 11) is 0. The molecule has 5 rings (SSSR count). The average molecular weight is 488 g/mol. The van der Waals surface area contributed by atoms with Crippen molar-refractivity contribution in [2.45, 2.75) is 38.6 Å². The van der Waals surface area contributed by atoms with Crippen LogP contribution in [0.2, 0.25) is 0 Å². The highest BCUT2D eigenvalue weighted by Crippen LogP contribution is 2.27. The third kappa shape index (κ3) is 5.41. The SMILES string of the molecule is CCNc1cncc(-c2c[nH]c(=O)c(NC(=O)c3ccc(N4CCCC4CN4CCCC4)cc3)c2)n1. The highest BCUT2D eigenvalue weighted by molar-refractivity contribution is 6.04. The number of aromatic amines is 1. The molecule has 0 saturated carbocycles. The Morgan fingerprint density at radius 2 is 1.92 bits per heavy atom. The van der Waals surface area contributed by atoms with E-state index in [4.69, 9.17) is 0 Å². The second kappa shape index (κ2) is 10.9. The van der Waals surface area contributed by atoms with Gasteiger partial charge in [-0.15, -0.1) is 0 Å². The van der Waals surface area contributed by atoms with Gasteiger partial charge >= 0.3 is 0 Å². The predicted octanol–water partition coefficient (Wildman–Crippen LogP) is 3.58. The Labute approximate surface area is 211 Å². The molecular formula is C27H33N7O2. The molecule has 36 heavy (non-hydrogen) atoms. The minimum absolute atomic E-state index is 0.169. The van der Waals surface area contributed by atoms with Crippen LogP contribution in [0.25, 0.3) is 11.3 Å². The lowest BCUT2D eigenvalue weighted by molar-refractivity contribution is 0.102. The topological polar surface area (TPSA) is 106 Å². The summed E-state index contributed by atoms with van der Waals surface area (Å²) in [5.41, 5.74) is 2.70. The Balaban J connectivity index is 1.28. The van der Waals surface area contributed by atoms with Crippen molar-refractivity contribution in [2.24, 2.45) is 0 Å². The molecule has 9 nitrogen and oxygen atoms in total. The van der Waals surface area contributed by atoms with Gasteiger partial charge < -0.3 is 25.4 Å². The van der Waals surface area contributed by atoms with E-state index in [9.17, 15) is 9.59 Å². The molecule has 0 bridgehead atoms. The number of hydrogen-bond donors (Lipinski definition) is 3. The maximum absolute atomic E-state index is 13.0. The van der Waals surface area contributed by atoms with E-state index < -0.39 is 0 Å². The first-order chi connectivity index (χ1) is 17.6. The van der Waals surface area contributed by atoms with Crippen molar-refractivity contribution in [1.82, 2.24) is 19.9 Å². The van der Waals surface area contributed by atoms with Gasteiger partial charge in [0.1, 0.15) is 11.5 Å². The van der Waals surface area contributed by atoms with Gasteiger partial charge in [-0.2, -0.15) is 0 Å². The Bertz CT molecular complexity index is 1250. The van der Waals surface area contributed by atoms with Crippen LogP contribution in [0.3, 0.4) is 0 Å². The predicted molar refractivity (Wildman–Crippen MR) is 143 cm³/mol. The number of nitrogens with one attached hydrogen (secondary N) is 3. The van der Waals surface area contributed by atoms with Crippen molar-refractivity contribution < 1.29 is 4.79 Å². The number of nitrogens with zero attached hydrogens (tertiary/aromatic N) is 4. The normalized spacial score (nSPS) is 17.9. The summed E-state index contributed by atoms with van der Waals surface area (Å²) in [4.78, 5) is 41.8. The number of benzene rings is 1. The van der Waals surface area contributed by atoms with E-state index in [1.54, 1.807) is 24.7 Å². The second-order valence-corrected chi connectivity index (χ2v) is 9.45. The van der Waals surface area contributed by atoms with Crippen LogP contribution in [0.4, 0.5) is 17.2 Å². The van der Waals surface area contributed by atoms with E-state index in [2.05, 4.69) is 35.4 Å². The molecule has 3 N–H and O–H groups in total. The maximum atomic E-state index is 13.0. The van der Waals surface area contributed by atoms with Gasteiger partial charge in [-0.25, -0.2) is 4.98 Å². The minimum Gasteiger partial charge on any atom is -0.369 e. The monoisotopic (exact) mass is 487 g/mol. The van der Waals surface area contributed by atoms with E-state index in [0.29, 0.717) is 28.7 Å². The summed E-state index contributed by atoms with van der Waals surface area (Å²) < 4.78 is 0. The summed E-state index contributed by atoms with van der Waals surface area (Å²) >= 11 is 0. The van der Waals surface area contributed by atoms with E-state index in [-0.39, 0.29) is 17.2 Å². The number of H-pyrrole nitrogens is 1. The van der Waals surface area contributed by atoms with Crippen LogP contribution >= 0.6 is 0 Å². The number of aromatic nitrogens is 3. The number of anilines is 3. The first kappa shape index (κ1) is 24.0. The molecule has 2 fully saturated rings. The van der Waals surface area contributed by atoms with Gasteiger partial charge in [-0.05, 0) is 76.0 Å². The lowest BCUT2D eigenvalue weighted by Gasteiger charge is -2.30. The Kier molecular flexibility index (Phi) is 7.27. The molecule has 1 unspecified atom stereocenters. The van der Waals surface area contributed by atoms with Crippen molar-refractivity contribution >= 4 is 23.1 Å². The van der Waals surface area contributed by atoms with Crippen LogP contribution < -0.4 is 21.1 Å². The van der Waals surface area contributed by atoms with Crippen molar-refractivity contribution in [3.63, 3.8) is 0 Å².